The molecule has 0 amide bonds. The van der Waals surface area contributed by atoms with E-state index in [0.717, 1.165) is 26.2 Å². The molecule has 9 nitrogen and oxygen atoms in total. The molecule has 1 aliphatic heterocycles. The van der Waals surface area contributed by atoms with Gasteiger partial charge in [-0.1, -0.05) is 0 Å². The third-order valence-electron chi connectivity index (χ3n) is 4.55. The van der Waals surface area contributed by atoms with Crippen LogP contribution in [0.1, 0.15) is 0 Å². The van der Waals surface area contributed by atoms with E-state index in [9.17, 15) is 26.3 Å². The number of ether oxygens (including phenoxy) is 1. The Kier molecular flexibility index (Phi) is 7.14. The number of halogens is 6. The zero-order valence-electron chi connectivity index (χ0n) is 17.5. The summed E-state index contributed by atoms with van der Waals surface area (Å²) in [7, 11) is 1.84. The minimum Gasteiger partial charge on any atom is -0.475 e. The summed E-state index contributed by atoms with van der Waals surface area (Å²) < 4.78 is 74.6. The van der Waals surface area contributed by atoms with Crippen LogP contribution < -0.4 is 15.0 Å². The van der Waals surface area contributed by atoms with Gasteiger partial charge in [-0.2, -0.15) is 18.2 Å². The van der Waals surface area contributed by atoms with Gasteiger partial charge in [0.05, 0.1) is 6.33 Å². The number of rotatable bonds is 3. The number of nitrogens with one attached hydrogen (secondary N) is 1. The molecule has 1 aromatic carbocycles. The SMILES string of the molecule is Cn1cnc2c(-c3ccc(OC(F)(F)F)cc3)nc(N3CCNCC3)nc21.O=C(O)C(F)(F)F. The molecule has 15 heteroatoms. The largest absolute Gasteiger partial charge is 0.573 e. The van der Waals surface area contributed by atoms with Crippen LogP contribution in [0.15, 0.2) is 30.6 Å². The van der Waals surface area contributed by atoms with Crippen molar-refractivity contribution in [2.75, 3.05) is 31.1 Å². The van der Waals surface area contributed by atoms with Crippen molar-refractivity contribution in [2.45, 2.75) is 12.5 Å². The number of fused-ring (bicyclic) bond motifs is 1. The molecule has 2 N–H and O–H groups in total. The standard InChI is InChI=1S/C17H17F3N6O.C2HF3O2/c1-25-10-22-14-13(11-2-4-12(5-3-11)27-17(18,19)20)23-16(24-15(14)25)26-8-6-21-7-9-26;3-2(4,5)1(6)7/h2-5,10,21H,6-9H2,1H3;(H,6,7). The van der Waals surface area contributed by atoms with E-state index in [1.807, 2.05) is 7.05 Å². The molecule has 4 rings (SSSR count). The summed E-state index contributed by atoms with van der Waals surface area (Å²) >= 11 is 0. The van der Waals surface area contributed by atoms with Crippen molar-refractivity contribution in [3.05, 3.63) is 30.6 Å². The smallest absolute Gasteiger partial charge is 0.475 e. The van der Waals surface area contributed by atoms with Gasteiger partial charge in [0.2, 0.25) is 5.95 Å². The van der Waals surface area contributed by atoms with Gasteiger partial charge in [0.1, 0.15) is 17.0 Å². The lowest BCUT2D eigenvalue weighted by Gasteiger charge is -2.27. The number of carbonyl (C=O) groups is 1. The number of aryl methyl sites for hydroxylation is 1. The number of nitrogens with zero attached hydrogens (tertiary/aromatic N) is 5. The van der Waals surface area contributed by atoms with E-state index in [1.165, 1.54) is 12.1 Å². The topological polar surface area (TPSA) is 105 Å². The van der Waals surface area contributed by atoms with Crippen LogP contribution in [0.25, 0.3) is 22.4 Å². The molecule has 1 aliphatic rings. The Hall–Kier alpha value is -3.62. The number of anilines is 1. The molecule has 0 spiro atoms. The Morgan fingerprint density at radius 2 is 1.65 bits per heavy atom. The molecule has 34 heavy (non-hydrogen) atoms. The van der Waals surface area contributed by atoms with Gasteiger partial charge in [0.15, 0.2) is 5.65 Å². The summed E-state index contributed by atoms with van der Waals surface area (Å²) in [6.07, 6.45) is -8.16. The first-order valence-corrected chi connectivity index (χ1v) is 9.66. The highest BCUT2D eigenvalue weighted by Gasteiger charge is 2.38. The summed E-state index contributed by atoms with van der Waals surface area (Å²) in [4.78, 5) is 24.6. The zero-order valence-corrected chi connectivity index (χ0v) is 17.5. The average molecular weight is 492 g/mol. The van der Waals surface area contributed by atoms with Crippen LogP contribution in [-0.4, -0.2) is 69.3 Å². The second kappa shape index (κ2) is 9.70. The first kappa shape index (κ1) is 25.0. The number of hydrogen-bond donors (Lipinski definition) is 2. The molecule has 3 aromatic rings. The van der Waals surface area contributed by atoms with Gasteiger partial charge in [0, 0.05) is 38.8 Å². The fraction of sp³-hybridized carbons (Fsp3) is 0.368. The second-order valence-electron chi connectivity index (χ2n) is 7.01. The molecule has 2 aromatic heterocycles. The normalized spacial score (nSPS) is 14.5. The summed E-state index contributed by atoms with van der Waals surface area (Å²) in [5.41, 5.74) is 2.49. The van der Waals surface area contributed by atoms with Crippen molar-refractivity contribution in [1.82, 2.24) is 24.8 Å². The van der Waals surface area contributed by atoms with Crippen LogP contribution in [0.2, 0.25) is 0 Å². The van der Waals surface area contributed by atoms with Crippen LogP contribution in [0.5, 0.6) is 5.75 Å². The number of benzene rings is 1. The van der Waals surface area contributed by atoms with Crippen molar-refractivity contribution >= 4 is 23.1 Å². The fourth-order valence-electron chi connectivity index (χ4n) is 3.02. The Morgan fingerprint density at radius 3 is 2.18 bits per heavy atom. The number of aromatic nitrogens is 4. The highest BCUT2D eigenvalue weighted by molar-refractivity contribution is 5.88. The van der Waals surface area contributed by atoms with Crippen molar-refractivity contribution in [3.63, 3.8) is 0 Å². The Balaban J connectivity index is 0.000000406. The lowest BCUT2D eigenvalue weighted by molar-refractivity contribution is -0.274. The number of carboxylic acids is 1. The van der Waals surface area contributed by atoms with Gasteiger partial charge >= 0.3 is 18.5 Å². The zero-order chi connectivity index (χ0) is 25.1. The molecule has 1 saturated heterocycles. The monoisotopic (exact) mass is 492 g/mol. The number of carboxylic acid groups (broad SMARTS) is 1. The van der Waals surface area contributed by atoms with E-state index < -0.39 is 18.5 Å². The first-order valence-electron chi connectivity index (χ1n) is 9.66. The Morgan fingerprint density at radius 1 is 1.06 bits per heavy atom. The minimum atomic E-state index is -5.08. The molecule has 184 valence electrons. The van der Waals surface area contributed by atoms with Crippen LogP contribution in [-0.2, 0) is 11.8 Å². The van der Waals surface area contributed by atoms with Gasteiger partial charge in [-0.05, 0) is 24.3 Å². The molecule has 0 atom stereocenters. The van der Waals surface area contributed by atoms with Crippen LogP contribution in [0, 0.1) is 0 Å². The van der Waals surface area contributed by atoms with E-state index in [4.69, 9.17) is 9.90 Å². The molecule has 0 aliphatic carbocycles. The molecular formula is C19H18F6N6O3. The maximum Gasteiger partial charge on any atom is 0.573 e. The molecule has 1 fully saturated rings. The van der Waals surface area contributed by atoms with Crippen LogP contribution in [0.3, 0.4) is 0 Å². The summed E-state index contributed by atoms with van der Waals surface area (Å²) in [5, 5.41) is 10.4. The summed E-state index contributed by atoms with van der Waals surface area (Å²) in [6, 6.07) is 5.62. The number of imidazole rings is 1. The van der Waals surface area contributed by atoms with Crippen molar-refractivity contribution < 1.29 is 41.0 Å². The molecular weight excluding hydrogens is 474 g/mol. The average Bonchev–Trinajstić information content (AvgIpc) is 3.14. The van der Waals surface area contributed by atoms with Gasteiger partial charge in [-0.3, -0.25) is 0 Å². The lowest BCUT2D eigenvalue weighted by Crippen LogP contribution is -2.44. The van der Waals surface area contributed by atoms with E-state index in [1.54, 1.807) is 23.0 Å². The van der Waals surface area contributed by atoms with Crippen LogP contribution >= 0.6 is 0 Å². The van der Waals surface area contributed by atoms with E-state index >= 15 is 0 Å². The molecule has 0 radical (unpaired) electrons. The highest BCUT2D eigenvalue weighted by Crippen LogP contribution is 2.30. The van der Waals surface area contributed by atoms with Crippen LogP contribution in [0.4, 0.5) is 32.3 Å². The number of alkyl halides is 6. The van der Waals surface area contributed by atoms with Crippen molar-refractivity contribution in [1.29, 1.82) is 0 Å². The quantitative estimate of drug-likeness (QED) is 0.538. The van der Waals surface area contributed by atoms with Gasteiger partial charge in [-0.15, -0.1) is 13.2 Å². The first-order chi connectivity index (χ1) is 15.8. The maximum absolute atomic E-state index is 12.4. The maximum atomic E-state index is 12.4. The van der Waals surface area contributed by atoms with Gasteiger partial charge < -0.3 is 24.6 Å². The summed E-state index contributed by atoms with van der Waals surface area (Å²) in [6.45, 7) is 3.24. The Bertz CT molecular complexity index is 1140. The van der Waals surface area contributed by atoms with E-state index in [0.29, 0.717) is 28.4 Å². The fourth-order valence-corrected chi connectivity index (χ4v) is 3.02. The number of hydrogen-bond acceptors (Lipinski definition) is 7. The predicted molar refractivity (Wildman–Crippen MR) is 107 cm³/mol. The summed E-state index contributed by atoms with van der Waals surface area (Å²) in [5.74, 6) is -2.45. The third kappa shape index (κ3) is 6.24. The van der Waals surface area contributed by atoms with Crippen molar-refractivity contribution in [2.24, 2.45) is 7.05 Å². The number of piperazine rings is 1. The Labute approximate surface area is 188 Å². The minimum absolute atomic E-state index is 0.278. The van der Waals surface area contributed by atoms with Gasteiger partial charge in [-0.25, -0.2) is 14.8 Å². The van der Waals surface area contributed by atoms with E-state index in [-0.39, 0.29) is 5.75 Å². The van der Waals surface area contributed by atoms with Crippen molar-refractivity contribution in [3.8, 4) is 17.0 Å². The molecule has 0 bridgehead atoms. The third-order valence-corrected chi connectivity index (χ3v) is 4.55. The molecule has 0 saturated carbocycles. The highest BCUT2D eigenvalue weighted by atomic mass is 19.4. The predicted octanol–water partition coefficient (Wildman–Crippen LogP) is 2.97. The molecule has 0 unspecified atom stereocenters. The second-order valence-corrected chi connectivity index (χ2v) is 7.01. The lowest BCUT2D eigenvalue weighted by atomic mass is 10.1. The van der Waals surface area contributed by atoms with Gasteiger partial charge in [0.25, 0.3) is 0 Å². The number of aliphatic carboxylic acids is 1. The van der Waals surface area contributed by atoms with E-state index in [2.05, 4.69) is 29.9 Å². The molecule has 3 heterocycles.